The van der Waals surface area contributed by atoms with Crippen LogP contribution in [0.15, 0.2) is 158 Å². The molecule has 5 aromatic carbocycles. The standard InChI is InChI=1S/C40H26N4OSi/c1-5-17-36-31(12-1)43(27-21-22-30-29(25-27)40-33(14-10-24-42-40)44(30)28-11-9-23-41-26-28)32-13-2-6-18-37(32)46(36)38-19-7-3-15-34(38)45-35-16-4-8-20-39(35)46/h1-26H. The molecule has 46 heavy (non-hydrogen) atoms. The number of nitrogens with zero attached hydrogens (tertiary/aromatic N) is 4. The number of pyridine rings is 2. The predicted octanol–water partition coefficient (Wildman–Crippen LogP) is 6.84. The third-order valence-electron chi connectivity index (χ3n) is 9.57. The van der Waals surface area contributed by atoms with Crippen LogP contribution in [0.25, 0.3) is 27.6 Å². The summed E-state index contributed by atoms with van der Waals surface area (Å²) >= 11 is 0. The van der Waals surface area contributed by atoms with E-state index in [1.807, 2.05) is 30.7 Å². The Kier molecular flexibility index (Phi) is 5.24. The number of anilines is 3. The Labute approximate surface area is 266 Å². The molecule has 216 valence electrons. The molecule has 10 rings (SSSR count). The third-order valence-corrected chi connectivity index (χ3v) is 14.5. The van der Waals surface area contributed by atoms with Gasteiger partial charge in [-0.15, -0.1) is 0 Å². The molecule has 3 aromatic heterocycles. The minimum atomic E-state index is -2.75. The maximum Gasteiger partial charge on any atom is 0.192 e. The Hall–Kier alpha value is -5.98. The third kappa shape index (κ3) is 3.28. The van der Waals surface area contributed by atoms with Crippen LogP contribution in [0.1, 0.15) is 0 Å². The van der Waals surface area contributed by atoms with Gasteiger partial charge in [-0.25, -0.2) is 0 Å². The molecule has 0 saturated carbocycles. The van der Waals surface area contributed by atoms with Gasteiger partial charge in [0, 0.05) is 34.8 Å². The first kappa shape index (κ1) is 25.4. The molecular formula is C40H26N4OSi. The molecule has 0 bridgehead atoms. The van der Waals surface area contributed by atoms with E-state index in [9.17, 15) is 0 Å². The number of ether oxygens (including phenoxy) is 1. The maximum absolute atomic E-state index is 6.58. The number of hydrogen-bond donors (Lipinski definition) is 0. The average Bonchev–Trinajstić information content (AvgIpc) is 3.46. The summed E-state index contributed by atoms with van der Waals surface area (Å²) in [6, 6.07) is 50.2. The maximum atomic E-state index is 6.58. The van der Waals surface area contributed by atoms with Crippen LogP contribution in [0.4, 0.5) is 17.1 Å². The van der Waals surface area contributed by atoms with E-state index in [0.717, 1.165) is 44.8 Å². The molecule has 0 N–H and O–H groups in total. The van der Waals surface area contributed by atoms with E-state index in [1.54, 1.807) is 0 Å². The van der Waals surface area contributed by atoms with E-state index in [-0.39, 0.29) is 0 Å². The van der Waals surface area contributed by atoms with Crippen LogP contribution in [0.5, 0.6) is 11.5 Å². The molecule has 2 aliphatic rings. The molecule has 1 spiro atoms. The summed E-state index contributed by atoms with van der Waals surface area (Å²) in [5, 5.41) is 6.38. The number of rotatable bonds is 2. The number of benzene rings is 5. The lowest BCUT2D eigenvalue weighted by molar-refractivity contribution is 0.487. The Bertz CT molecular complexity index is 2390. The van der Waals surface area contributed by atoms with Gasteiger partial charge in [-0.05, 0) is 87.5 Å². The summed E-state index contributed by atoms with van der Waals surface area (Å²) in [5.41, 5.74) is 7.64. The van der Waals surface area contributed by atoms with Gasteiger partial charge in [0.2, 0.25) is 0 Å². The van der Waals surface area contributed by atoms with Crippen molar-refractivity contribution in [2.45, 2.75) is 0 Å². The minimum Gasteiger partial charge on any atom is -0.458 e. The zero-order chi connectivity index (χ0) is 30.2. The van der Waals surface area contributed by atoms with Gasteiger partial charge in [0.1, 0.15) is 11.5 Å². The summed E-state index contributed by atoms with van der Waals surface area (Å²) in [6.07, 6.45) is 5.60. The second-order valence-corrected chi connectivity index (χ2v) is 15.5. The topological polar surface area (TPSA) is 43.2 Å². The van der Waals surface area contributed by atoms with Crippen molar-refractivity contribution in [1.82, 2.24) is 14.5 Å². The molecule has 0 aliphatic carbocycles. The fourth-order valence-electron chi connectivity index (χ4n) is 7.83. The first-order valence-electron chi connectivity index (χ1n) is 15.5. The second-order valence-electron chi connectivity index (χ2n) is 11.8. The second kappa shape index (κ2) is 9.51. The average molecular weight is 607 g/mol. The van der Waals surface area contributed by atoms with E-state index in [4.69, 9.17) is 9.72 Å². The highest BCUT2D eigenvalue weighted by molar-refractivity contribution is 7.22. The van der Waals surface area contributed by atoms with E-state index in [2.05, 4.69) is 142 Å². The fourth-order valence-corrected chi connectivity index (χ4v) is 13.1. The highest BCUT2D eigenvalue weighted by atomic mass is 28.3. The Morgan fingerprint density at radius 2 is 1.15 bits per heavy atom. The molecule has 0 fully saturated rings. The highest BCUT2D eigenvalue weighted by Gasteiger charge is 2.53. The van der Waals surface area contributed by atoms with Gasteiger partial charge in [-0.1, -0.05) is 72.8 Å². The molecule has 6 heteroatoms. The molecule has 0 radical (unpaired) electrons. The van der Waals surface area contributed by atoms with Gasteiger partial charge in [0.15, 0.2) is 8.07 Å². The zero-order valence-electron chi connectivity index (χ0n) is 24.7. The van der Waals surface area contributed by atoms with Crippen LogP contribution in [-0.4, -0.2) is 22.6 Å². The van der Waals surface area contributed by atoms with Crippen molar-refractivity contribution in [3.63, 3.8) is 0 Å². The molecule has 8 aromatic rings. The van der Waals surface area contributed by atoms with Crippen molar-refractivity contribution >= 4 is 67.8 Å². The van der Waals surface area contributed by atoms with Gasteiger partial charge in [0.25, 0.3) is 0 Å². The lowest BCUT2D eigenvalue weighted by Crippen LogP contribution is -2.78. The van der Waals surface area contributed by atoms with Crippen molar-refractivity contribution in [2.24, 2.45) is 0 Å². The summed E-state index contributed by atoms with van der Waals surface area (Å²) in [4.78, 5) is 11.7. The first-order valence-corrected chi connectivity index (χ1v) is 17.5. The van der Waals surface area contributed by atoms with Gasteiger partial charge in [-0.3, -0.25) is 9.97 Å². The number of hydrogen-bond acceptors (Lipinski definition) is 4. The lowest BCUT2D eigenvalue weighted by atomic mass is 10.1. The monoisotopic (exact) mass is 606 g/mol. The quantitative estimate of drug-likeness (QED) is 0.202. The van der Waals surface area contributed by atoms with Gasteiger partial charge in [-0.2, -0.15) is 0 Å². The van der Waals surface area contributed by atoms with Gasteiger partial charge < -0.3 is 14.2 Å². The summed E-state index contributed by atoms with van der Waals surface area (Å²) in [7, 11) is -2.75. The smallest absolute Gasteiger partial charge is 0.192 e. The van der Waals surface area contributed by atoms with E-state index < -0.39 is 8.07 Å². The van der Waals surface area contributed by atoms with Crippen molar-refractivity contribution < 1.29 is 4.74 Å². The lowest BCUT2D eigenvalue weighted by Gasteiger charge is -2.47. The number of fused-ring (bicyclic) bond motifs is 11. The van der Waals surface area contributed by atoms with Crippen LogP contribution < -0.4 is 30.4 Å². The van der Waals surface area contributed by atoms with E-state index in [0.29, 0.717) is 0 Å². The van der Waals surface area contributed by atoms with Crippen LogP contribution >= 0.6 is 0 Å². The van der Waals surface area contributed by atoms with Gasteiger partial charge in [0.05, 0.1) is 28.4 Å². The fraction of sp³-hybridized carbons (Fsp3) is 0. The summed E-state index contributed by atoms with van der Waals surface area (Å²) in [5.74, 6) is 1.89. The number of para-hydroxylation sites is 4. The SMILES string of the molecule is c1cncc(-n2c3ccc(N4c5ccccc5[Si]5(c6ccccc6Oc6ccccc65)c5ccccc54)cc3c3ncccc32)c1. The molecule has 0 amide bonds. The Morgan fingerprint density at radius 1 is 0.522 bits per heavy atom. The van der Waals surface area contributed by atoms with Crippen molar-refractivity contribution in [3.05, 3.63) is 158 Å². The van der Waals surface area contributed by atoms with E-state index >= 15 is 0 Å². The molecule has 0 atom stereocenters. The molecule has 0 saturated heterocycles. The predicted molar refractivity (Wildman–Crippen MR) is 188 cm³/mol. The molecule has 2 aliphatic heterocycles. The van der Waals surface area contributed by atoms with Crippen molar-refractivity contribution in [3.8, 4) is 17.2 Å². The first-order chi connectivity index (χ1) is 22.8. The Morgan fingerprint density at radius 3 is 1.83 bits per heavy atom. The number of aromatic nitrogens is 3. The van der Waals surface area contributed by atoms with Crippen LogP contribution in [0.3, 0.4) is 0 Å². The molecule has 5 nitrogen and oxygen atoms in total. The summed E-state index contributed by atoms with van der Waals surface area (Å²) in [6.45, 7) is 0. The van der Waals surface area contributed by atoms with Gasteiger partial charge >= 0.3 is 0 Å². The summed E-state index contributed by atoms with van der Waals surface area (Å²) < 4.78 is 8.84. The van der Waals surface area contributed by atoms with Crippen molar-refractivity contribution in [1.29, 1.82) is 0 Å². The Balaban J connectivity index is 1.28. The van der Waals surface area contributed by atoms with Crippen LogP contribution in [0.2, 0.25) is 0 Å². The normalized spacial score (nSPS) is 14.0. The van der Waals surface area contributed by atoms with Crippen LogP contribution in [0, 0.1) is 0 Å². The largest absolute Gasteiger partial charge is 0.458 e. The van der Waals surface area contributed by atoms with E-state index in [1.165, 1.54) is 32.1 Å². The molecule has 5 heterocycles. The molecular weight excluding hydrogens is 581 g/mol. The highest BCUT2D eigenvalue weighted by Crippen LogP contribution is 2.43. The molecule has 0 unspecified atom stereocenters. The zero-order valence-corrected chi connectivity index (χ0v) is 25.7. The van der Waals surface area contributed by atoms with Crippen LogP contribution in [-0.2, 0) is 0 Å². The van der Waals surface area contributed by atoms with Crippen molar-refractivity contribution in [2.75, 3.05) is 4.90 Å². The minimum absolute atomic E-state index is 0.946.